The van der Waals surface area contributed by atoms with E-state index >= 15 is 0 Å². The summed E-state index contributed by atoms with van der Waals surface area (Å²) in [6.45, 7) is 1.94. The molecule has 21 heavy (non-hydrogen) atoms. The quantitative estimate of drug-likeness (QED) is 0.798. The van der Waals surface area contributed by atoms with Crippen molar-refractivity contribution in [2.75, 3.05) is 5.32 Å². The van der Waals surface area contributed by atoms with Crippen LogP contribution in [-0.4, -0.2) is 26.7 Å². The molecule has 0 spiro atoms. The predicted molar refractivity (Wildman–Crippen MR) is 77.2 cm³/mol. The van der Waals surface area contributed by atoms with E-state index in [1.54, 1.807) is 36.0 Å². The topological polar surface area (TPSA) is 96.3 Å². The summed E-state index contributed by atoms with van der Waals surface area (Å²) < 4.78 is 1.80. The van der Waals surface area contributed by atoms with E-state index < -0.39 is 12.0 Å². The lowest BCUT2D eigenvalue weighted by Crippen LogP contribution is -2.29. The van der Waals surface area contributed by atoms with Crippen LogP contribution in [0.2, 0.25) is 0 Å². The summed E-state index contributed by atoms with van der Waals surface area (Å²) in [5.41, 5.74) is 1.14. The summed E-state index contributed by atoms with van der Waals surface area (Å²) in [5.74, 6) is -0.300. The highest BCUT2D eigenvalue weighted by molar-refractivity contribution is 5.95. The van der Waals surface area contributed by atoms with Crippen LogP contribution in [-0.2, 0) is 13.6 Å². The van der Waals surface area contributed by atoms with Crippen molar-refractivity contribution in [1.82, 2.24) is 14.9 Å². The second-order valence-corrected chi connectivity index (χ2v) is 4.55. The number of aromatic nitrogens is 2. The number of hydrogen-bond acceptors (Lipinski definition) is 3. The molecule has 0 fully saturated rings. The van der Waals surface area contributed by atoms with Gasteiger partial charge in [-0.15, -0.1) is 0 Å². The first kappa shape index (κ1) is 14.6. The van der Waals surface area contributed by atoms with Crippen LogP contribution in [0.25, 0.3) is 0 Å². The van der Waals surface area contributed by atoms with E-state index in [1.807, 2.05) is 7.05 Å². The van der Waals surface area contributed by atoms with Crippen LogP contribution in [0.4, 0.5) is 10.5 Å². The number of anilines is 1. The molecule has 0 unspecified atom stereocenters. The van der Waals surface area contributed by atoms with Crippen molar-refractivity contribution < 1.29 is 14.7 Å². The Bertz CT molecular complexity index is 679. The molecule has 0 saturated heterocycles. The number of nitrogens with one attached hydrogen (secondary N) is 2. The number of carboxylic acids is 1. The fraction of sp³-hybridized carbons (Fsp3) is 0.214. The highest BCUT2D eigenvalue weighted by Crippen LogP contribution is 2.18. The van der Waals surface area contributed by atoms with Crippen molar-refractivity contribution in [2.24, 2.45) is 7.05 Å². The second kappa shape index (κ2) is 6.08. The molecule has 7 nitrogen and oxygen atoms in total. The molecule has 1 aromatic carbocycles. The summed E-state index contributed by atoms with van der Waals surface area (Å²) in [5, 5.41) is 14.4. The number of aryl methyl sites for hydroxylation is 1. The molecular formula is C14H16N4O3. The van der Waals surface area contributed by atoms with Crippen molar-refractivity contribution in [2.45, 2.75) is 13.5 Å². The van der Waals surface area contributed by atoms with Crippen molar-refractivity contribution in [3.8, 4) is 0 Å². The normalized spacial score (nSPS) is 10.2. The average molecular weight is 288 g/mol. The van der Waals surface area contributed by atoms with E-state index in [9.17, 15) is 9.59 Å². The molecule has 0 saturated carbocycles. The van der Waals surface area contributed by atoms with Gasteiger partial charge in [0.15, 0.2) is 0 Å². The van der Waals surface area contributed by atoms with Crippen molar-refractivity contribution in [3.05, 3.63) is 47.5 Å². The molecule has 0 aliphatic rings. The van der Waals surface area contributed by atoms with E-state index in [0.29, 0.717) is 11.3 Å². The van der Waals surface area contributed by atoms with Gasteiger partial charge in [-0.05, 0) is 24.6 Å². The van der Waals surface area contributed by atoms with Crippen molar-refractivity contribution >= 4 is 17.7 Å². The first-order chi connectivity index (χ1) is 9.99. The van der Waals surface area contributed by atoms with Crippen LogP contribution >= 0.6 is 0 Å². The molecule has 2 rings (SSSR count). The van der Waals surface area contributed by atoms with Gasteiger partial charge < -0.3 is 20.3 Å². The van der Waals surface area contributed by atoms with Gasteiger partial charge in [-0.3, -0.25) is 0 Å². The maximum absolute atomic E-state index is 11.8. The van der Waals surface area contributed by atoms with Gasteiger partial charge in [0.05, 0.1) is 12.1 Å². The number of carboxylic acid groups (broad SMARTS) is 1. The number of hydrogen-bond donors (Lipinski definition) is 3. The van der Waals surface area contributed by atoms with Gasteiger partial charge in [0, 0.05) is 25.1 Å². The van der Waals surface area contributed by atoms with Crippen molar-refractivity contribution in [1.29, 1.82) is 0 Å². The zero-order valence-electron chi connectivity index (χ0n) is 11.8. The lowest BCUT2D eigenvalue weighted by molar-refractivity contribution is 0.0696. The third-order valence-electron chi connectivity index (χ3n) is 3.14. The predicted octanol–water partition coefficient (Wildman–Crippen LogP) is 1.75. The highest BCUT2D eigenvalue weighted by Gasteiger charge is 2.12. The minimum atomic E-state index is -1.02. The Morgan fingerprint density at radius 2 is 2.14 bits per heavy atom. The monoisotopic (exact) mass is 288 g/mol. The van der Waals surface area contributed by atoms with E-state index in [1.165, 1.54) is 6.07 Å². The van der Waals surface area contributed by atoms with Crippen LogP contribution in [0.1, 0.15) is 21.7 Å². The summed E-state index contributed by atoms with van der Waals surface area (Å²) in [7, 11) is 1.84. The molecule has 2 amide bonds. The molecule has 0 bridgehead atoms. The number of nitrogens with zero attached hydrogens (tertiary/aromatic N) is 2. The molecule has 2 aromatic rings. The van der Waals surface area contributed by atoms with Crippen LogP contribution in [0.15, 0.2) is 30.6 Å². The van der Waals surface area contributed by atoms with Gasteiger partial charge in [0.1, 0.15) is 5.82 Å². The number of carbonyl (C=O) groups is 2. The zero-order chi connectivity index (χ0) is 15.4. The SMILES string of the molecule is Cc1c(NC(=O)NCc2nccn2C)cccc1C(=O)O. The number of urea groups is 1. The van der Waals surface area contributed by atoms with Gasteiger partial charge in [-0.2, -0.15) is 0 Å². The average Bonchev–Trinajstić information content (AvgIpc) is 2.84. The molecule has 0 aliphatic carbocycles. The number of rotatable bonds is 4. The molecule has 1 heterocycles. The van der Waals surface area contributed by atoms with E-state index in [2.05, 4.69) is 15.6 Å². The summed E-state index contributed by atoms with van der Waals surface area (Å²) >= 11 is 0. The summed E-state index contributed by atoms with van der Waals surface area (Å²) in [6.07, 6.45) is 3.44. The van der Waals surface area contributed by atoms with Gasteiger partial charge in [0.2, 0.25) is 0 Å². The first-order valence-electron chi connectivity index (χ1n) is 6.33. The lowest BCUT2D eigenvalue weighted by atomic mass is 10.1. The van der Waals surface area contributed by atoms with Crippen LogP contribution < -0.4 is 10.6 Å². The molecule has 0 radical (unpaired) electrons. The molecule has 0 aliphatic heterocycles. The Hall–Kier alpha value is -2.83. The number of aromatic carboxylic acids is 1. The lowest BCUT2D eigenvalue weighted by Gasteiger charge is -2.11. The number of amides is 2. The van der Waals surface area contributed by atoms with Gasteiger partial charge in [-0.1, -0.05) is 6.07 Å². The van der Waals surface area contributed by atoms with Gasteiger partial charge in [0.25, 0.3) is 0 Å². The standard InChI is InChI=1S/C14H16N4O3/c1-9-10(13(19)20)4-3-5-11(9)17-14(21)16-8-12-15-6-7-18(12)2/h3-7H,8H2,1-2H3,(H,19,20)(H2,16,17,21). The molecule has 110 valence electrons. The molecule has 0 atom stereocenters. The first-order valence-corrected chi connectivity index (χ1v) is 6.33. The smallest absolute Gasteiger partial charge is 0.336 e. The highest BCUT2D eigenvalue weighted by atomic mass is 16.4. The number of imidazole rings is 1. The molecule has 3 N–H and O–H groups in total. The number of carbonyl (C=O) groups excluding carboxylic acids is 1. The van der Waals surface area contributed by atoms with E-state index in [0.717, 1.165) is 5.82 Å². The Morgan fingerprint density at radius 1 is 1.38 bits per heavy atom. The Labute approximate surface area is 121 Å². The minimum absolute atomic E-state index is 0.164. The third-order valence-corrected chi connectivity index (χ3v) is 3.14. The maximum atomic E-state index is 11.8. The van der Waals surface area contributed by atoms with Gasteiger partial charge >= 0.3 is 12.0 Å². The molecule has 7 heteroatoms. The fourth-order valence-corrected chi connectivity index (χ4v) is 1.90. The minimum Gasteiger partial charge on any atom is -0.478 e. The summed E-state index contributed by atoms with van der Waals surface area (Å²) in [4.78, 5) is 27.0. The Balaban J connectivity index is 2.01. The van der Waals surface area contributed by atoms with E-state index in [-0.39, 0.29) is 12.1 Å². The Kier molecular flexibility index (Phi) is 4.22. The zero-order valence-corrected chi connectivity index (χ0v) is 11.8. The largest absolute Gasteiger partial charge is 0.478 e. The van der Waals surface area contributed by atoms with Crippen LogP contribution in [0, 0.1) is 6.92 Å². The fourth-order valence-electron chi connectivity index (χ4n) is 1.90. The molecular weight excluding hydrogens is 272 g/mol. The number of benzene rings is 1. The van der Waals surface area contributed by atoms with Crippen molar-refractivity contribution in [3.63, 3.8) is 0 Å². The van der Waals surface area contributed by atoms with E-state index in [4.69, 9.17) is 5.11 Å². The third kappa shape index (κ3) is 3.38. The molecule has 1 aromatic heterocycles. The maximum Gasteiger partial charge on any atom is 0.336 e. The van der Waals surface area contributed by atoms with Crippen LogP contribution in [0.5, 0.6) is 0 Å². The summed E-state index contributed by atoms with van der Waals surface area (Å²) in [6, 6.07) is 4.32. The second-order valence-electron chi connectivity index (χ2n) is 4.55. The van der Waals surface area contributed by atoms with Crippen LogP contribution in [0.3, 0.4) is 0 Å². The van der Waals surface area contributed by atoms with Gasteiger partial charge in [-0.25, -0.2) is 14.6 Å². The Morgan fingerprint density at radius 3 is 2.76 bits per heavy atom.